The summed E-state index contributed by atoms with van der Waals surface area (Å²) in [6.45, 7) is 4.45. The average molecular weight is 307 g/mol. The van der Waals surface area contributed by atoms with Crippen molar-refractivity contribution in [1.29, 1.82) is 0 Å². The molecule has 1 heterocycles. The van der Waals surface area contributed by atoms with Gasteiger partial charge in [0.25, 0.3) is 0 Å². The van der Waals surface area contributed by atoms with Gasteiger partial charge in [0, 0.05) is 35.9 Å². The Kier molecular flexibility index (Phi) is 5.07. The van der Waals surface area contributed by atoms with E-state index in [2.05, 4.69) is 29.3 Å². The van der Waals surface area contributed by atoms with Gasteiger partial charge in [-0.3, -0.25) is 0 Å². The highest BCUT2D eigenvalue weighted by Gasteiger charge is 2.25. The van der Waals surface area contributed by atoms with E-state index in [1.165, 1.54) is 62.7 Å². The van der Waals surface area contributed by atoms with Gasteiger partial charge in [0.1, 0.15) is 0 Å². The van der Waals surface area contributed by atoms with Crippen molar-refractivity contribution in [3.8, 4) is 0 Å². The molecule has 3 heteroatoms. The average Bonchev–Trinajstić information content (AvgIpc) is 3.31. The first-order valence-corrected chi connectivity index (χ1v) is 8.94. The first-order chi connectivity index (χ1) is 10.3. The number of anilines is 1. The van der Waals surface area contributed by atoms with E-state index in [-0.39, 0.29) is 0 Å². The van der Waals surface area contributed by atoms with Crippen LogP contribution >= 0.6 is 11.6 Å². The molecule has 1 saturated carbocycles. The summed E-state index contributed by atoms with van der Waals surface area (Å²) in [5, 5.41) is 4.51. The molecule has 1 aliphatic heterocycles. The molecule has 21 heavy (non-hydrogen) atoms. The van der Waals surface area contributed by atoms with Crippen molar-refractivity contribution in [2.75, 3.05) is 11.4 Å². The van der Waals surface area contributed by atoms with Gasteiger partial charge in [-0.05, 0) is 56.2 Å². The third-order valence-corrected chi connectivity index (χ3v) is 5.00. The monoisotopic (exact) mass is 306 g/mol. The number of nitrogens with zero attached hydrogens (tertiary/aromatic N) is 1. The second-order valence-electron chi connectivity index (χ2n) is 6.56. The normalized spacial score (nSPS) is 22.6. The van der Waals surface area contributed by atoms with E-state index in [4.69, 9.17) is 11.6 Å². The van der Waals surface area contributed by atoms with E-state index in [1.54, 1.807) is 0 Å². The fraction of sp³-hybridized carbons (Fsp3) is 0.667. The lowest BCUT2D eigenvalue weighted by Gasteiger charge is -2.39. The molecule has 0 bridgehead atoms. The molecule has 1 saturated heterocycles. The Labute approximate surface area is 133 Å². The Balaban J connectivity index is 1.80. The van der Waals surface area contributed by atoms with Crippen molar-refractivity contribution in [3.05, 3.63) is 28.8 Å². The molecule has 1 atom stereocenters. The van der Waals surface area contributed by atoms with E-state index in [1.807, 2.05) is 6.07 Å². The zero-order chi connectivity index (χ0) is 14.7. The summed E-state index contributed by atoms with van der Waals surface area (Å²) in [7, 11) is 0. The summed E-state index contributed by atoms with van der Waals surface area (Å²) < 4.78 is 0. The highest BCUT2D eigenvalue weighted by Crippen LogP contribution is 2.32. The molecule has 2 nitrogen and oxygen atoms in total. The number of hydrogen-bond acceptors (Lipinski definition) is 2. The van der Waals surface area contributed by atoms with Crippen LogP contribution in [0.5, 0.6) is 0 Å². The topological polar surface area (TPSA) is 15.3 Å². The van der Waals surface area contributed by atoms with Crippen molar-refractivity contribution < 1.29 is 0 Å². The van der Waals surface area contributed by atoms with Gasteiger partial charge in [-0.25, -0.2) is 0 Å². The van der Waals surface area contributed by atoms with E-state index in [0.717, 1.165) is 17.6 Å². The van der Waals surface area contributed by atoms with Crippen LogP contribution in [0.15, 0.2) is 18.2 Å². The van der Waals surface area contributed by atoms with Crippen LogP contribution in [-0.2, 0) is 6.54 Å². The number of benzene rings is 1. The summed E-state index contributed by atoms with van der Waals surface area (Å²) >= 11 is 6.29. The van der Waals surface area contributed by atoms with Gasteiger partial charge in [-0.2, -0.15) is 0 Å². The minimum atomic E-state index is 0.696. The zero-order valence-corrected chi connectivity index (χ0v) is 13.8. The molecule has 0 aromatic heterocycles. The molecule has 2 aliphatic rings. The maximum absolute atomic E-state index is 6.29. The van der Waals surface area contributed by atoms with Crippen LogP contribution in [0.1, 0.15) is 57.4 Å². The van der Waals surface area contributed by atoms with Crippen LogP contribution in [0.3, 0.4) is 0 Å². The van der Waals surface area contributed by atoms with Crippen LogP contribution < -0.4 is 10.2 Å². The Morgan fingerprint density at radius 3 is 2.86 bits per heavy atom. The summed E-state index contributed by atoms with van der Waals surface area (Å²) in [5.41, 5.74) is 2.78. The SMILES string of the molecule is CCCC1CCCCN1c1cc(Cl)ccc1CNC1CC1. The maximum atomic E-state index is 6.29. The second-order valence-corrected chi connectivity index (χ2v) is 7.00. The molecule has 1 aromatic carbocycles. The first kappa shape index (κ1) is 15.2. The van der Waals surface area contributed by atoms with E-state index in [9.17, 15) is 0 Å². The Morgan fingerprint density at radius 2 is 2.10 bits per heavy atom. The highest BCUT2D eigenvalue weighted by atomic mass is 35.5. The van der Waals surface area contributed by atoms with Crippen LogP contribution in [0.2, 0.25) is 5.02 Å². The predicted molar refractivity (Wildman–Crippen MR) is 91.2 cm³/mol. The summed E-state index contributed by atoms with van der Waals surface area (Å²) in [6, 6.07) is 7.88. The standard InChI is InChI=1S/C18H27ClN2/c1-2-5-17-6-3-4-11-21(17)18-12-15(19)8-7-14(18)13-20-16-9-10-16/h7-8,12,16-17,20H,2-6,9-11,13H2,1H3. The van der Waals surface area contributed by atoms with Gasteiger partial charge in [0.15, 0.2) is 0 Å². The number of halogens is 1. The van der Waals surface area contributed by atoms with Crippen molar-refractivity contribution >= 4 is 17.3 Å². The molecule has 116 valence electrons. The van der Waals surface area contributed by atoms with E-state index in [0.29, 0.717) is 6.04 Å². The number of rotatable bonds is 6. The number of piperidine rings is 1. The lowest BCUT2D eigenvalue weighted by atomic mass is 9.96. The van der Waals surface area contributed by atoms with Crippen LogP contribution in [0.25, 0.3) is 0 Å². The highest BCUT2D eigenvalue weighted by molar-refractivity contribution is 6.30. The van der Waals surface area contributed by atoms with Gasteiger partial charge < -0.3 is 10.2 Å². The second kappa shape index (κ2) is 7.02. The van der Waals surface area contributed by atoms with Crippen LogP contribution in [-0.4, -0.2) is 18.6 Å². The number of hydrogen-bond donors (Lipinski definition) is 1. The minimum absolute atomic E-state index is 0.696. The Morgan fingerprint density at radius 1 is 1.24 bits per heavy atom. The summed E-state index contributed by atoms with van der Waals surface area (Å²) in [5.74, 6) is 0. The Bertz CT molecular complexity index is 468. The number of nitrogens with one attached hydrogen (secondary N) is 1. The fourth-order valence-electron chi connectivity index (χ4n) is 3.45. The molecule has 1 aromatic rings. The quantitative estimate of drug-likeness (QED) is 0.816. The Hall–Kier alpha value is -0.730. The van der Waals surface area contributed by atoms with Crippen molar-refractivity contribution in [1.82, 2.24) is 5.32 Å². The lowest BCUT2D eigenvalue weighted by molar-refractivity contribution is 0.433. The molecule has 3 rings (SSSR count). The zero-order valence-electron chi connectivity index (χ0n) is 13.1. The molecular weight excluding hydrogens is 280 g/mol. The van der Waals surface area contributed by atoms with Crippen molar-refractivity contribution in [3.63, 3.8) is 0 Å². The third-order valence-electron chi connectivity index (χ3n) is 4.76. The van der Waals surface area contributed by atoms with Gasteiger partial charge in [-0.1, -0.05) is 31.0 Å². The predicted octanol–water partition coefficient (Wildman–Crippen LogP) is 4.75. The largest absolute Gasteiger partial charge is 0.368 e. The maximum Gasteiger partial charge on any atom is 0.0429 e. The summed E-state index contributed by atoms with van der Waals surface area (Å²) in [6.07, 6.45) is 9.24. The molecule has 1 aliphatic carbocycles. The fourth-order valence-corrected chi connectivity index (χ4v) is 3.61. The molecule has 1 unspecified atom stereocenters. The molecule has 0 spiro atoms. The molecular formula is C18H27ClN2. The molecule has 1 N–H and O–H groups in total. The lowest BCUT2D eigenvalue weighted by Crippen LogP contribution is -2.40. The molecule has 2 fully saturated rings. The van der Waals surface area contributed by atoms with Crippen LogP contribution in [0.4, 0.5) is 5.69 Å². The van der Waals surface area contributed by atoms with E-state index >= 15 is 0 Å². The van der Waals surface area contributed by atoms with E-state index < -0.39 is 0 Å². The van der Waals surface area contributed by atoms with Gasteiger partial charge in [-0.15, -0.1) is 0 Å². The van der Waals surface area contributed by atoms with Gasteiger partial charge in [0.05, 0.1) is 0 Å². The molecule has 0 amide bonds. The minimum Gasteiger partial charge on any atom is -0.368 e. The van der Waals surface area contributed by atoms with Crippen molar-refractivity contribution in [2.24, 2.45) is 0 Å². The smallest absolute Gasteiger partial charge is 0.0429 e. The first-order valence-electron chi connectivity index (χ1n) is 8.56. The summed E-state index contributed by atoms with van der Waals surface area (Å²) in [4.78, 5) is 2.63. The van der Waals surface area contributed by atoms with Gasteiger partial charge in [0.2, 0.25) is 0 Å². The third kappa shape index (κ3) is 3.92. The molecule has 0 radical (unpaired) electrons. The van der Waals surface area contributed by atoms with Crippen molar-refractivity contribution in [2.45, 2.75) is 70.5 Å². The van der Waals surface area contributed by atoms with Crippen LogP contribution in [0, 0.1) is 0 Å². The van der Waals surface area contributed by atoms with Gasteiger partial charge >= 0.3 is 0 Å².